The molecular formula is C9H18N2O2. The molecule has 0 radical (unpaired) electrons. The van der Waals surface area contributed by atoms with Gasteiger partial charge in [-0.1, -0.05) is 13.3 Å². The number of hydrogen-bond donors (Lipinski definition) is 1. The summed E-state index contributed by atoms with van der Waals surface area (Å²) >= 11 is 0. The Morgan fingerprint density at radius 1 is 1.31 bits per heavy atom. The van der Waals surface area contributed by atoms with E-state index in [0.717, 1.165) is 19.4 Å². The maximum atomic E-state index is 11.3. The molecule has 0 aliphatic heterocycles. The van der Waals surface area contributed by atoms with E-state index in [2.05, 4.69) is 6.92 Å². The first kappa shape index (κ1) is 11.9. The van der Waals surface area contributed by atoms with E-state index in [1.165, 1.54) is 0 Å². The van der Waals surface area contributed by atoms with Crippen LogP contribution in [0.5, 0.6) is 0 Å². The van der Waals surface area contributed by atoms with Crippen LogP contribution in [-0.2, 0) is 9.59 Å². The van der Waals surface area contributed by atoms with Crippen molar-refractivity contribution in [1.82, 2.24) is 4.90 Å². The molecule has 0 aromatic rings. The van der Waals surface area contributed by atoms with Crippen LogP contribution in [0.4, 0.5) is 0 Å². The van der Waals surface area contributed by atoms with E-state index in [4.69, 9.17) is 5.73 Å². The summed E-state index contributed by atoms with van der Waals surface area (Å²) in [6.45, 7) is 2.83. The zero-order valence-corrected chi connectivity index (χ0v) is 8.38. The lowest BCUT2D eigenvalue weighted by Crippen LogP contribution is -2.28. The van der Waals surface area contributed by atoms with Gasteiger partial charge in [0, 0.05) is 26.4 Å². The molecule has 0 fully saturated rings. The molecule has 0 rings (SSSR count). The van der Waals surface area contributed by atoms with Gasteiger partial charge in [0.15, 0.2) is 0 Å². The first-order valence-electron chi connectivity index (χ1n) is 4.60. The summed E-state index contributed by atoms with van der Waals surface area (Å²) < 4.78 is 0. The maximum absolute atomic E-state index is 11.3. The average molecular weight is 186 g/mol. The lowest BCUT2D eigenvalue weighted by Gasteiger charge is -2.15. The molecule has 0 aromatic carbocycles. The van der Waals surface area contributed by atoms with Gasteiger partial charge in [-0.05, 0) is 6.42 Å². The number of carbonyl (C=O) groups is 2. The van der Waals surface area contributed by atoms with Crippen molar-refractivity contribution in [1.29, 1.82) is 0 Å². The van der Waals surface area contributed by atoms with Crippen LogP contribution in [0.25, 0.3) is 0 Å². The summed E-state index contributed by atoms with van der Waals surface area (Å²) in [5.74, 6) is -0.426. The summed E-state index contributed by atoms with van der Waals surface area (Å²) in [7, 11) is 1.75. The van der Waals surface area contributed by atoms with Crippen molar-refractivity contribution < 1.29 is 9.59 Å². The second-order valence-corrected chi connectivity index (χ2v) is 3.14. The van der Waals surface area contributed by atoms with Gasteiger partial charge >= 0.3 is 0 Å². The number of amides is 2. The Morgan fingerprint density at radius 3 is 2.38 bits per heavy atom. The highest BCUT2D eigenvalue weighted by atomic mass is 16.2. The van der Waals surface area contributed by atoms with Gasteiger partial charge in [0.05, 0.1) is 0 Å². The van der Waals surface area contributed by atoms with E-state index < -0.39 is 5.91 Å². The molecule has 0 unspecified atom stereocenters. The van der Waals surface area contributed by atoms with Crippen LogP contribution in [0.15, 0.2) is 0 Å². The molecule has 0 saturated carbocycles. The zero-order valence-electron chi connectivity index (χ0n) is 8.38. The molecule has 0 aliphatic carbocycles. The molecule has 0 saturated heterocycles. The Kier molecular flexibility index (Phi) is 5.93. The van der Waals surface area contributed by atoms with E-state index in [0.29, 0.717) is 0 Å². The Hall–Kier alpha value is -1.06. The normalized spacial score (nSPS) is 9.69. The van der Waals surface area contributed by atoms with Crippen LogP contribution in [0.3, 0.4) is 0 Å². The smallest absolute Gasteiger partial charge is 0.222 e. The molecule has 0 aromatic heterocycles. The van der Waals surface area contributed by atoms with Crippen molar-refractivity contribution in [3.63, 3.8) is 0 Å². The minimum absolute atomic E-state index is 0.00718. The average Bonchev–Trinajstić information content (AvgIpc) is 2.10. The standard InChI is InChI=1S/C9H18N2O2/c1-3-4-7-11(2)9(13)6-5-8(10)12/h3-7H2,1-2H3,(H2,10,12). The van der Waals surface area contributed by atoms with Crippen LogP contribution in [0.1, 0.15) is 32.6 Å². The van der Waals surface area contributed by atoms with E-state index in [1.807, 2.05) is 0 Å². The van der Waals surface area contributed by atoms with Crippen molar-refractivity contribution in [3.8, 4) is 0 Å². The fourth-order valence-electron chi connectivity index (χ4n) is 0.941. The number of nitrogens with two attached hydrogens (primary N) is 1. The third-order valence-corrected chi connectivity index (χ3v) is 1.86. The topological polar surface area (TPSA) is 63.4 Å². The molecule has 0 aliphatic rings. The molecule has 13 heavy (non-hydrogen) atoms. The Balaban J connectivity index is 3.63. The monoisotopic (exact) mass is 186 g/mol. The largest absolute Gasteiger partial charge is 0.370 e. The SMILES string of the molecule is CCCCN(C)C(=O)CCC(N)=O. The second-order valence-electron chi connectivity index (χ2n) is 3.14. The van der Waals surface area contributed by atoms with Crippen LogP contribution >= 0.6 is 0 Å². The molecule has 4 nitrogen and oxygen atoms in total. The van der Waals surface area contributed by atoms with Crippen LogP contribution in [0.2, 0.25) is 0 Å². The molecule has 4 heteroatoms. The Morgan fingerprint density at radius 2 is 1.92 bits per heavy atom. The minimum atomic E-state index is -0.419. The molecule has 0 bridgehead atoms. The molecule has 0 atom stereocenters. The Labute approximate surface area is 79.1 Å². The van der Waals surface area contributed by atoms with E-state index >= 15 is 0 Å². The summed E-state index contributed by atoms with van der Waals surface area (Å²) in [6.07, 6.45) is 2.44. The minimum Gasteiger partial charge on any atom is -0.370 e. The lowest BCUT2D eigenvalue weighted by atomic mass is 10.2. The fourth-order valence-corrected chi connectivity index (χ4v) is 0.941. The molecule has 0 heterocycles. The summed E-state index contributed by atoms with van der Waals surface area (Å²) in [5, 5.41) is 0. The summed E-state index contributed by atoms with van der Waals surface area (Å²) in [4.78, 5) is 23.3. The molecule has 2 amide bonds. The first-order chi connectivity index (χ1) is 6.07. The van der Waals surface area contributed by atoms with E-state index in [-0.39, 0.29) is 18.7 Å². The van der Waals surface area contributed by atoms with Gasteiger partial charge in [-0.3, -0.25) is 9.59 Å². The van der Waals surface area contributed by atoms with Crippen LogP contribution < -0.4 is 5.73 Å². The van der Waals surface area contributed by atoms with Crippen molar-refractivity contribution >= 4 is 11.8 Å². The second kappa shape index (κ2) is 6.46. The van der Waals surface area contributed by atoms with Gasteiger partial charge in [0.1, 0.15) is 0 Å². The van der Waals surface area contributed by atoms with Crippen molar-refractivity contribution in [2.24, 2.45) is 5.73 Å². The molecular weight excluding hydrogens is 168 g/mol. The lowest BCUT2D eigenvalue weighted by molar-refractivity contribution is -0.132. The number of hydrogen-bond acceptors (Lipinski definition) is 2. The molecule has 2 N–H and O–H groups in total. The number of rotatable bonds is 6. The van der Waals surface area contributed by atoms with Crippen LogP contribution in [0, 0.1) is 0 Å². The van der Waals surface area contributed by atoms with Gasteiger partial charge in [0.2, 0.25) is 11.8 Å². The molecule has 0 spiro atoms. The van der Waals surface area contributed by atoms with Crippen LogP contribution in [-0.4, -0.2) is 30.3 Å². The van der Waals surface area contributed by atoms with E-state index in [9.17, 15) is 9.59 Å². The molecule has 76 valence electrons. The summed E-state index contributed by atoms with van der Waals surface area (Å²) in [6, 6.07) is 0. The van der Waals surface area contributed by atoms with Gasteiger partial charge in [-0.15, -0.1) is 0 Å². The number of nitrogens with zero attached hydrogens (tertiary/aromatic N) is 1. The van der Waals surface area contributed by atoms with Gasteiger partial charge in [-0.25, -0.2) is 0 Å². The number of unbranched alkanes of at least 4 members (excludes halogenated alkanes) is 1. The predicted octanol–water partition coefficient (Wildman–Crippen LogP) is 0.510. The van der Waals surface area contributed by atoms with Crippen molar-refractivity contribution in [2.75, 3.05) is 13.6 Å². The predicted molar refractivity (Wildman–Crippen MR) is 51.0 cm³/mol. The van der Waals surface area contributed by atoms with Crippen molar-refractivity contribution in [3.05, 3.63) is 0 Å². The quantitative estimate of drug-likeness (QED) is 0.657. The third-order valence-electron chi connectivity index (χ3n) is 1.86. The maximum Gasteiger partial charge on any atom is 0.222 e. The summed E-state index contributed by atoms with van der Waals surface area (Å²) in [5.41, 5.74) is 4.93. The number of carbonyl (C=O) groups excluding carboxylic acids is 2. The highest BCUT2D eigenvalue weighted by Gasteiger charge is 2.08. The highest BCUT2D eigenvalue weighted by molar-refractivity contribution is 5.82. The number of primary amides is 1. The van der Waals surface area contributed by atoms with Crippen molar-refractivity contribution in [2.45, 2.75) is 32.6 Å². The highest BCUT2D eigenvalue weighted by Crippen LogP contribution is 1.97. The third kappa shape index (κ3) is 6.13. The first-order valence-corrected chi connectivity index (χ1v) is 4.60. The van der Waals surface area contributed by atoms with Gasteiger partial charge in [0.25, 0.3) is 0 Å². The zero-order chi connectivity index (χ0) is 10.3. The van der Waals surface area contributed by atoms with E-state index in [1.54, 1.807) is 11.9 Å². The van der Waals surface area contributed by atoms with Gasteiger partial charge in [-0.2, -0.15) is 0 Å². The van der Waals surface area contributed by atoms with Gasteiger partial charge < -0.3 is 10.6 Å². The fraction of sp³-hybridized carbons (Fsp3) is 0.778. The Bertz CT molecular complexity index is 180.